The summed E-state index contributed by atoms with van der Waals surface area (Å²) in [4.78, 5) is 13.4. The number of pyridine rings is 1. The van der Waals surface area contributed by atoms with Crippen molar-refractivity contribution < 1.29 is 4.39 Å². The fourth-order valence-electron chi connectivity index (χ4n) is 3.38. The third-order valence-electron chi connectivity index (χ3n) is 4.94. The predicted molar refractivity (Wildman–Crippen MR) is 105 cm³/mol. The van der Waals surface area contributed by atoms with E-state index in [4.69, 9.17) is 5.73 Å². The molecule has 140 valence electrons. The molecule has 0 aliphatic carbocycles. The van der Waals surface area contributed by atoms with Crippen LogP contribution in [0.25, 0.3) is 5.65 Å². The van der Waals surface area contributed by atoms with Crippen molar-refractivity contribution in [1.29, 1.82) is 0 Å². The van der Waals surface area contributed by atoms with Gasteiger partial charge in [0, 0.05) is 43.8 Å². The van der Waals surface area contributed by atoms with Gasteiger partial charge >= 0.3 is 0 Å². The van der Waals surface area contributed by atoms with Crippen molar-refractivity contribution in [3.05, 3.63) is 65.9 Å². The molecule has 1 aliphatic rings. The first kappa shape index (κ1) is 17.3. The van der Waals surface area contributed by atoms with E-state index in [1.165, 1.54) is 12.1 Å². The standard InChI is InChI=1S/C20H23FN6/c1-15-3-2-4-19-24-17(14-27(15)19)13-23-20(22)26-11-9-25(10-12-26)18-7-5-16(21)6-8-18/h2-8,14H,9-13H2,1H3,(H2,22,23). The quantitative estimate of drug-likeness (QED) is 0.571. The molecule has 2 N–H and O–H groups in total. The van der Waals surface area contributed by atoms with Crippen LogP contribution in [0.1, 0.15) is 11.4 Å². The Morgan fingerprint density at radius 1 is 1.11 bits per heavy atom. The maximum atomic E-state index is 13.1. The third-order valence-corrected chi connectivity index (χ3v) is 4.94. The second-order valence-corrected chi connectivity index (χ2v) is 6.75. The van der Waals surface area contributed by atoms with Crippen molar-refractivity contribution >= 4 is 17.3 Å². The van der Waals surface area contributed by atoms with E-state index in [2.05, 4.69) is 37.2 Å². The summed E-state index contributed by atoms with van der Waals surface area (Å²) in [7, 11) is 0. The Labute approximate surface area is 157 Å². The molecule has 0 spiro atoms. The van der Waals surface area contributed by atoms with Crippen LogP contribution in [0.15, 0.2) is 53.7 Å². The van der Waals surface area contributed by atoms with Gasteiger partial charge < -0.3 is 19.9 Å². The zero-order chi connectivity index (χ0) is 18.8. The van der Waals surface area contributed by atoms with Gasteiger partial charge in [0.2, 0.25) is 0 Å². The number of anilines is 1. The smallest absolute Gasteiger partial charge is 0.191 e. The number of aryl methyl sites for hydroxylation is 1. The average molecular weight is 366 g/mol. The summed E-state index contributed by atoms with van der Waals surface area (Å²) in [6.07, 6.45) is 2.01. The second-order valence-electron chi connectivity index (χ2n) is 6.75. The molecule has 27 heavy (non-hydrogen) atoms. The lowest BCUT2D eigenvalue weighted by molar-refractivity contribution is 0.380. The summed E-state index contributed by atoms with van der Waals surface area (Å²) in [5.41, 5.74) is 10.2. The highest BCUT2D eigenvalue weighted by molar-refractivity contribution is 5.78. The molecule has 1 aromatic carbocycles. The van der Waals surface area contributed by atoms with Gasteiger partial charge in [0.15, 0.2) is 5.96 Å². The topological polar surface area (TPSA) is 62.2 Å². The van der Waals surface area contributed by atoms with Gasteiger partial charge in [0.05, 0.1) is 12.2 Å². The normalized spacial score (nSPS) is 15.6. The van der Waals surface area contributed by atoms with E-state index in [-0.39, 0.29) is 5.82 Å². The van der Waals surface area contributed by atoms with Crippen LogP contribution in [0.5, 0.6) is 0 Å². The largest absolute Gasteiger partial charge is 0.370 e. The Hall–Kier alpha value is -3.09. The van der Waals surface area contributed by atoms with Gasteiger partial charge in [0.25, 0.3) is 0 Å². The first-order chi connectivity index (χ1) is 13.1. The number of imidazole rings is 1. The molecule has 0 amide bonds. The molecule has 1 saturated heterocycles. The van der Waals surface area contributed by atoms with Gasteiger partial charge in [-0.05, 0) is 43.3 Å². The first-order valence-electron chi connectivity index (χ1n) is 9.09. The van der Waals surface area contributed by atoms with Gasteiger partial charge in [-0.2, -0.15) is 0 Å². The lowest BCUT2D eigenvalue weighted by Crippen LogP contribution is -2.51. The lowest BCUT2D eigenvalue weighted by atomic mass is 10.2. The molecule has 0 atom stereocenters. The minimum atomic E-state index is -0.212. The summed E-state index contributed by atoms with van der Waals surface area (Å²) >= 11 is 0. The number of nitrogens with two attached hydrogens (primary N) is 1. The average Bonchev–Trinajstić information content (AvgIpc) is 3.11. The van der Waals surface area contributed by atoms with E-state index in [1.807, 2.05) is 30.5 Å². The number of hydrogen-bond donors (Lipinski definition) is 1. The van der Waals surface area contributed by atoms with Crippen molar-refractivity contribution in [2.45, 2.75) is 13.5 Å². The predicted octanol–water partition coefficient (Wildman–Crippen LogP) is 2.42. The molecule has 4 rings (SSSR count). The van der Waals surface area contributed by atoms with Crippen molar-refractivity contribution in [3.63, 3.8) is 0 Å². The molecule has 0 radical (unpaired) electrons. The summed E-state index contributed by atoms with van der Waals surface area (Å²) in [5, 5.41) is 0. The van der Waals surface area contributed by atoms with Crippen molar-refractivity contribution in [2.24, 2.45) is 10.7 Å². The van der Waals surface area contributed by atoms with Crippen LogP contribution in [-0.2, 0) is 6.54 Å². The van der Waals surface area contributed by atoms with E-state index in [0.717, 1.165) is 48.9 Å². The highest BCUT2D eigenvalue weighted by Gasteiger charge is 2.18. The monoisotopic (exact) mass is 366 g/mol. The molecule has 1 aliphatic heterocycles. The molecule has 6 nitrogen and oxygen atoms in total. The summed E-state index contributed by atoms with van der Waals surface area (Å²) < 4.78 is 15.1. The zero-order valence-corrected chi connectivity index (χ0v) is 15.3. The number of benzene rings is 1. The minimum Gasteiger partial charge on any atom is -0.370 e. The van der Waals surface area contributed by atoms with E-state index in [9.17, 15) is 4.39 Å². The molecule has 0 bridgehead atoms. The number of nitrogens with zero attached hydrogens (tertiary/aromatic N) is 5. The Morgan fingerprint density at radius 2 is 1.85 bits per heavy atom. The first-order valence-corrected chi connectivity index (χ1v) is 9.09. The van der Waals surface area contributed by atoms with Gasteiger partial charge in [-0.1, -0.05) is 6.07 Å². The fourth-order valence-corrected chi connectivity index (χ4v) is 3.38. The van der Waals surface area contributed by atoms with Crippen LogP contribution in [0.3, 0.4) is 0 Å². The number of aromatic nitrogens is 2. The maximum Gasteiger partial charge on any atom is 0.191 e. The Morgan fingerprint density at radius 3 is 2.56 bits per heavy atom. The van der Waals surface area contributed by atoms with Crippen LogP contribution >= 0.6 is 0 Å². The third kappa shape index (κ3) is 3.72. The highest BCUT2D eigenvalue weighted by Crippen LogP contribution is 2.17. The maximum absolute atomic E-state index is 13.1. The number of fused-ring (bicyclic) bond motifs is 1. The number of piperazine rings is 1. The number of guanidine groups is 1. The molecule has 7 heteroatoms. The molecule has 0 saturated carbocycles. The Kier molecular flexibility index (Phi) is 4.66. The molecule has 3 aromatic rings. The summed E-state index contributed by atoms with van der Waals surface area (Å²) in [6.45, 7) is 5.75. The number of rotatable bonds is 3. The lowest BCUT2D eigenvalue weighted by Gasteiger charge is -2.36. The second kappa shape index (κ2) is 7.26. The Balaban J connectivity index is 1.37. The zero-order valence-electron chi connectivity index (χ0n) is 15.3. The molecule has 1 fully saturated rings. The number of halogens is 1. The minimum absolute atomic E-state index is 0.212. The van der Waals surface area contributed by atoms with E-state index >= 15 is 0 Å². The molecule has 2 aromatic heterocycles. The van der Waals surface area contributed by atoms with Crippen molar-refractivity contribution in [2.75, 3.05) is 31.1 Å². The van der Waals surface area contributed by atoms with Gasteiger partial charge in [-0.15, -0.1) is 0 Å². The number of aliphatic imine (C=N–C) groups is 1. The van der Waals surface area contributed by atoms with Crippen molar-refractivity contribution in [1.82, 2.24) is 14.3 Å². The van der Waals surface area contributed by atoms with Crippen molar-refractivity contribution in [3.8, 4) is 0 Å². The van der Waals surface area contributed by atoms with Crippen LogP contribution < -0.4 is 10.6 Å². The Bertz CT molecular complexity index is 954. The van der Waals surface area contributed by atoms with Crippen LogP contribution in [0.2, 0.25) is 0 Å². The number of hydrogen-bond acceptors (Lipinski definition) is 3. The molecule has 3 heterocycles. The van der Waals surface area contributed by atoms with E-state index in [0.29, 0.717) is 12.5 Å². The molecular formula is C20H23FN6. The van der Waals surface area contributed by atoms with Gasteiger partial charge in [0.1, 0.15) is 11.5 Å². The van der Waals surface area contributed by atoms with Gasteiger partial charge in [-0.3, -0.25) is 0 Å². The van der Waals surface area contributed by atoms with Crippen LogP contribution in [0, 0.1) is 12.7 Å². The fraction of sp³-hybridized carbons (Fsp3) is 0.300. The van der Waals surface area contributed by atoms with E-state index < -0.39 is 0 Å². The van der Waals surface area contributed by atoms with E-state index in [1.54, 1.807) is 0 Å². The highest BCUT2D eigenvalue weighted by atomic mass is 19.1. The molecular weight excluding hydrogens is 343 g/mol. The molecule has 0 unspecified atom stereocenters. The van der Waals surface area contributed by atoms with Crippen LogP contribution in [0.4, 0.5) is 10.1 Å². The summed E-state index contributed by atoms with van der Waals surface area (Å²) in [5.74, 6) is 0.332. The summed E-state index contributed by atoms with van der Waals surface area (Å²) in [6, 6.07) is 12.7. The SMILES string of the molecule is Cc1cccc2nc(CN=C(N)N3CCN(c4ccc(F)cc4)CC3)cn12. The van der Waals surface area contributed by atoms with Gasteiger partial charge in [-0.25, -0.2) is 14.4 Å². The van der Waals surface area contributed by atoms with Crippen LogP contribution in [-0.4, -0.2) is 46.4 Å².